The lowest BCUT2D eigenvalue weighted by molar-refractivity contribution is -0.141. The van der Waals surface area contributed by atoms with Crippen LogP contribution in [0.15, 0.2) is 54.6 Å². The third kappa shape index (κ3) is 10.3. The van der Waals surface area contributed by atoms with Crippen LogP contribution in [0.4, 0.5) is 19.3 Å². The van der Waals surface area contributed by atoms with E-state index in [0.717, 1.165) is 6.07 Å². The first-order valence-corrected chi connectivity index (χ1v) is 18.2. The monoisotopic (exact) mass is 832 g/mol. The number of halogens is 4. The molecule has 57 heavy (non-hydrogen) atoms. The Morgan fingerprint density at radius 3 is 2.33 bits per heavy atom. The Hall–Kier alpha value is -5.50. The molecule has 0 bridgehead atoms. The number of nitrogens with one attached hydrogen (secondary N) is 3. The number of hydrogen-bond donors (Lipinski definition) is 5. The normalized spacial score (nSPS) is 20.0. The van der Waals surface area contributed by atoms with Crippen molar-refractivity contribution in [3.63, 3.8) is 0 Å². The molecule has 0 aromatic heterocycles. The van der Waals surface area contributed by atoms with Gasteiger partial charge in [0.1, 0.15) is 28.8 Å². The number of carbonyl (C=O) groups excluding carboxylic acids is 3. The lowest BCUT2D eigenvalue weighted by Crippen LogP contribution is -2.45. The Balaban J connectivity index is 1.64. The molecule has 5 N–H and O–H groups in total. The van der Waals surface area contributed by atoms with E-state index in [9.17, 15) is 34.3 Å². The van der Waals surface area contributed by atoms with Gasteiger partial charge in [-0.3, -0.25) is 9.59 Å². The smallest absolute Gasteiger partial charge is 0.410 e. The quantitative estimate of drug-likeness (QED) is 0.0840. The van der Waals surface area contributed by atoms with Crippen molar-refractivity contribution < 1.29 is 57.2 Å². The summed E-state index contributed by atoms with van der Waals surface area (Å²) in [6, 6.07) is 10.1. The Morgan fingerprint density at radius 1 is 1.04 bits per heavy atom. The van der Waals surface area contributed by atoms with Crippen LogP contribution in [0, 0.1) is 28.4 Å². The lowest BCUT2D eigenvalue weighted by atomic mass is 9.62. The standard InChI is InChI=1S/C39H40Cl2F2N4O10/c1-19(57-37(54)46-27(35(51)52)13-14-30(48)49)56-36(53)20-9-12-26(28(15-20)55-5)45-34(50)33-31(22-7-6-8-24(41)32(22)43)39(18-44,29(47-33)17-38(2,3)4)23-11-10-21(40)16-25(23)42/h6-12,15-16,19,27,29,31,33,47H,13-14,17H2,1-5H3,(H,45,50)(H,46,54)(H,48,49)(H,51,52)/t19?,27?,29-,31-,33+,39-/m0/s1. The number of alkyl carbamates (subject to hydrolysis) is 1. The minimum atomic E-state index is -1.88. The number of nitrogens with zero attached hydrogens (tertiary/aromatic N) is 1. The zero-order valence-electron chi connectivity index (χ0n) is 31.3. The Morgan fingerprint density at radius 2 is 1.74 bits per heavy atom. The number of amides is 2. The zero-order chi connectivity index (χ0) is 42.4. The molecular formula is C39H40Cl2F2N4O10. The summed E-state index contributed by atoms with van der Waals surface area (Å²) in [6.07, 6.45) is -3.56. The number of anilines is 1. The number of carboxylic acids is 2. The van der Waals surface area contributed by atoms with Crippen molar-refractivity contribution >= 4 is 58.8 Å². The van der Waals surface area contributed by atoms with Crippen molar-refractivity contribution in [3.8, 4) is 11.8 Å². The number of rotatable bonds is 14. The molecule has 1 fully saturated rings. The summed E-state index contributed by atoms with van der Waals surface area (Å²) >= 11 is 12.3. The minimum Gasteiger partial charge on any atom is -0.495 e. The minimum absolute atomic E-state index is 0.0374. The summed E-state index contributed by atoms with van der Waals surface area (Å²) < 4.78 is 47.5. The van der Waals surface area contributed by atoms with Crippen LogP contribution in [0.3, 0.4) is 0 Å². The van der Waals surface area contributed by atoms with Crippen molar-refractivity contribution in [2.24, 2.45) is 5.41 Å². The SMILES string of the molecule is COc1cc(C(=O)OC(C)OC(=O)NC(CCC(=O)O)C(=O)O)ccc1NC(=O)[C@@H]1N[C@@H](CC(C)(C)C)[C@](C#N)(c2ccc(Cl)cc2F)[C@H]1c1cccc(Cl)c1F. The average Bonchev–Trinajstić information content (AvgIpc) is 3.43. The van der Waals surface area contributed by atoms with Gasteiger partial charge < -0.3 is 40.4 Å². The maximum atomic E-state index is 16.0. The van der Waals surface area contributed by atoms with Crippen LogP contribution in [-0.2, 0) is 29.3 Å². The highest BCUT2D eigenvalue weighted by Gasteiger charge is 2.61. The van der Waals surface area contributed by atoms with E-state index >= 15 is 8.78 Å². The van der Waals surface area contributed by atoms with E-state index in [1.807, 2.05) is 26.1 Å². The van der Waals surface area contributed by atoms with E-state index in [4.69, 9.17) is 42.5 Å². The Bertz CT molecular complexity index is 2090. The highest BCUT2D eigenvalue weighted by atomic mass is 35.5. The molecule has 0 aliphatic carbocycles. The van der Waals surface area contributed by atoms with Crippen molar-refractivity contribution in [1.29, 1.82) is 5.26 Å². The van der Waals surface area contributed by atoms with Gasteiger partial charge in [0, 0.05) is 35.9 Å². The first kappa shape index (κ1) is 44.2. The summed E-state index contributed by atoms with van der Waals surface area (Å²) in [7, 11) is 1.25. The molecule has 3 aromatic rings. The van der Waals surface area contributed by atoms with Gasteiger partial charge in [-0.2, -0.15) is 5.26 Å². The molecule has 3 aromatic carbocycles. The molecular weight excluding hydrogens is 793 g/mol. The number of carboxylic acid groups (broad SMARTS) is 2. The van der Waals surface area contributed by atoms with Crippen molar-refractivity contribution in [2.45, 2.75) is 82.7 Å². The van der Waals surface area contributed by atoms with Crippen LogP contribution >= 0.6 is 23.2 Å². The molecule has 2 amide bonds. The summed E-state index contributed by atoms with van der Waals surface area (Å²) in [6.45, 7) is 6.87. The van der Waals surface area contributed by atoms with Gasteiger partial charge in [0.25, 0.3) is 0 Å². The van der Waals surface area contributed by atoms with Crippen molar-refractivity contribution in [2.75, 3.05) is 12.4 Å². The number of methoxy groups -OCH3 is 1. The van der Waals surface area contributed by atoms with Gasteiger partial charge in [-0.15, -0.1) is 0 Å². The molecule has 2 unspecified atom stereocenters. The average molecular weight is 834 g/mol. The van der Waals surface area contributed by atoms with E-state index in [2.05, 4.69) is 16.7 Å². The molecule has 0 saturated carbocycles. The third-order valence-electron chi connectivity index (χ3n) is 9.21. The zero-order valence-corrected chi connectivity index (χ0v) is 32.8. The second-order valence-electron chi connectivity index (χ2n) is 14.4. The second kappa shape index (κ2) is 18.2. The molecule has 18 heteroatoms. The molecule has 1 aliphatic heterocycles. The van der Waals surface area contributed by atoms with Gasteiger partial charge >= 0.3 is 24.0 Å². The van der Waals surface area contributed by atoms with Gasteiger partial charge in [0.2, 0.25) is 12.2 Å². The molecule has 0 spiro atoms. The first-order chi connectivity index (χ1) is 26.7. The molecule has 14 nitrogen and oxygen atoms in total. The maximum absolute atomic E-state index is 16.0. The van der Waals surface area contributed by atoms with Crippen LogP contribution in [0.2, 0.25) is 10.0 Å². The third-order valence-corrected chi connectivity index (χ3v) is 9.74. The van der Waals surface area contributed by atoms with E-state index < -0.39 is 95.5 Å². The first-order valence-electron chi connectivity index (χ1n) is 17.4. The fourth-order valence-electron chi connectivity index (χ4n) is 6.78. The van der Waals surface area contributed by atoms with Crippen LogP contribution < -0.4 is 20.7 Å². The second-order valence-corrected chi connectivity index (χ2v) is 15.3. The van der Waals surface area contributed by atoms with Crippen LogP contribution in [-0.4, -0.2) is 71.6 Å². The maximum Gasteiger partial charge on any atom is 0.410 e. The lowest BCUT2D eigenvalue weighted by Gasteiger charge is -2.37. The number of benzene rings is 3. The van der Waals surface area contributed by atoms with Crippen LogP contribution in [0.1, 0.15) is 74.4 Å². The summed E-state index contributed by atoms with van der Waals surface area (Å²) in [5.74, 6) is -7.69. The van der Waals surface area contributed by atoms with Gasteiger partial charge in [-0.1, -0.05) is 62.2 Å². The van der Waals surface area contributed by atoms with Gasteiger partial charge in [-0.05, 0) is 60.2 Å². The molecule has 6 atom stereocenters. The summed E-state index contributed by atoms with van der Waals surface area (Å²) in [4.78, 5) is 61.8. The highest BCUT2D eigenvalue weighted by Crippen LogP contribution is 2.53. The highest BCUT2D eigenvalue weighted by molar-refractivity contribution is 6.31. The predicted octanol–water partition coefficient (Wildman–Crippen LogP) is 6.79. The van der Waals surface area contributed by atoms with Crippen molar-refractivity contribution in [3.05, 3.63) is 93.0 Å². The number of aliphatic carboxylic acids is 2. The fraction of sp³-hybridized carbons (Fsp3) is 0.385. The largest absolute Gasteiger partial charge is 0.495 e. The predicted molar refractivity (Wildman–Crippen MR) is 202 cm³/mol. The Labute approximate surface area is 336 Å². The van der Waals surface area contributed by atoms with Gasteiger partial charge in [0.15, 0.2) is 0 Å². The van der Waals surface area contributed by atoms with Crippen LogP contribution in [0.5, 0.6) is 5.75 Å². The molecule has 0 radical (unpaired) electrons. The molecule has 1 heterocycles. The topological polar surface area (TPSA) is 213 Å². The van der Waals surface area contributed by atoms with E-state index in [-0.39, 0.29) is 44.6 Å². The van der Waals surface area contributed by atoms with E-state index in [1.165, 1.54) is 62.6 Å². The fourth-order valence-corrected chi connectivity index (χ4v) is 7.12. The Kier molecular flexibility index (Phi) is 14.1. The number of hydrogen-bond acceptors (Lipinski definition) is 10. The van der Waals surface area contributed by atoms with Gasteiger partial charge in [-0.25, -0.2) is 23.2 Å². The van der Waals surface area contributed by atoms with E-state index in [1.54, 1.807) is 0 Å². The number of ether oxygens (including phenoxy) is 3. The summed E-state index contributed by atoms with van der Waals surface area (Å²) in [5.41, 5.74) is -2.67. The summed E-state index contributed by atoms with van der Waals surface area (Å²) in [5, 5.41) is 36.8. The molecule has 1 saturated heterocycles. The molecule has 1 aliphatic rings. The number of esters is 1. The van der Waals surface area contributed by atoms with E-state index in [0.29, 0.717) is 0 Å². The number of nitriles is 1. The van der Waals surface area contributed by atoms with Crippen LogP contribution in [0.25, 0.3) is 0 Å². The molecule has 304 valence electrons. The van der Waals surface area contributed by atoms with Crippen molar-refractivity contribution in [1.82, 2.24) is 10.6 Å². The number of carbonyl (C=O) groups is 5. The van der Waals surface area contributed by atoms with Gasteiger partial charge in [0.05, 0.1) is 35.5 Å². The molecule has 4 rings (SSSR count).